The van der Waals surface area contributed by atoms with Gasteiger partial charge < -0.3 is 15.0 Å². The summed E-state index contributed by atoms with van der Waals surface area (Å²) in [5.41, 5.74) is 3.04. The van der Waals surface area contributed by atoms with Gasteiger partial charge >= 0.3 is 5.97 Å². The Balaban J connectivity index is 1.59. The van der Waals surface area contributed by atoms with Crippen LogP contribution in [0.25, 0.3) is 5.69 Å². The summed E-state index contributed by atoms with van der Waals surface area (Å²) < 4.78 is 6.81. The maximum atomic E-state index is 12.3. The fourth-order valence-electron chi connectivity index (χ4n) is 3.14. The van der Waals surface area contributed by atoms with Crippen LogP contribution in [-0.2, 0) is 9.53 Å². The quantitative estimate of drug-likeness (QED) is 0.576. The Bertz CT molecular complexity index is 993. The van der Waals surface area contributed by atoms with E-state index in [9.17, 15) is 9.59 Å². The van der Waals surface area contributed by atoms with E-state index in [0.717, 1.165) is 30.2 Å². The number of esters is 1. The first-order valence-corrected chi connectivity index (χ1v) is 9.96. The van der Waals surface area contributed by atoms with E-state index in [1.54, 1.807) is 22.9 Å². The molecule has 0 saturated heterocycles. The number of amides is 1. The fraction of sp³-hybridized carbons (Fsp3) is 0.261. The molecule has 3 rings (SSSR count). The third-order valence-corrected chi connectivity index (χ3v) is 4.67. The van der Waals surface area contributed by atoms with Gasteiger partial charge in [-0.25, -0.2) is 9.48 Å². The number of ether oxygens (including phenoxy) is 1. The molecule has 7 heteroatoms. The van der Waals surface area contributed by atoms with Crippen LogP contribution in [0.1, 0.15) is 29.9 Å². The molecule has 1 heterocycles. The zero-order valence-corrected chi connectivity index (χ0v) is 17.5. The van der Waals surface area contributed by atoms with Crippen molar-refractivity contribution < 1.29 is 14.3 Å². The molecule has 0 bridgehead atoms. The second kappa shape index (κ2) is 9.73. The van der Waals surface area contributed by atoms with Crippen molar-refractivity contribution in [2.75, 3.05) is 29.9 Å². The third kappa shape index (κ3) is 5.05. The van der Waals surface area contributed by atoms with Crippen molar-refractivity contribution in [1.29, 1.82) is 0 Å². The lowest BCUT2D eigenvalue weighted by molar-refractivity contribution is -0.119. The third-order valence-electron chi connectivity index (χ3n) is 4.67. The minimum absolute atomic E-state index is 0.379. The molecule has 30 heavy (non-hydrogen) atoms. The van der Waals surface area contributed by atoms with Crippen LogP contribution in [0.2, 0.25) is 0 Å². The number of nitrogens with zero attached hydrogens (tertiary/aromatic N) is 3. The zero-order chi connectivity index (χ0) is 21.5. The van der Waals surface area contributed by atoms with Gasteiger partial charge in [0.15, 0.2) is 6.61 Å². The Morgan fingerprint density at radius 1 is 1.03 bits per heavy atom. The summed E-state index contributed by atoms with van der Waals surface area (Å²) in [6, 6.07) is 18.4. The van der Waals surface area contributed by atoms with E-state index in [0.29, 0.717) is 11.4 Å². The van der Waals surface area contributed by atoms with Crippen LogP contribution in [0.15, 0.2) is 60.7 Å². The summed E-state index contributed by atoms with van der Waals surface area (Å²) in [6.45, 7) is 7.40. The van der Waals surface area contributed by atoms with E-state index in [-0.39, 0.29) is 6.61 Å². The first-order chi connectivity index (χ1) is 14.5. The molecular weight excluding hydrogens is 380 g/mol. The Hall–Kier alpha value is -3.61. The topological polar surface area (TPSA) is 76.5 Å². The Kier molecular flexibility index (Phi) is 6.85. The highest BCUT2D eigenvalue weighted by Crippen LogP contribution is 2.17. The lowest BCUT2D eigenvalue weighted by Gasteiger charge is -2.20. The number of para-hydroxylation sites is 1. The predicted octanol–water partition coefficient (Wildman–Crippen LogP) is 3.82. The van der Waals surface area contributed by atoms with Crippen molar-refractivity contribution >= 4 is 23.4 Å². The summed E-state index contributed by atoms with van der Waals surface area (Å²) in [5.74, 6) is -0.451. The van der Waals surface area contributed by atoms with Crippen LogP contribution in [0.3, 0.4) is 0 Å². The number of hydrogen-bond donors (Lipinski definition) is 1. The van der Waals surface area contributed by atoms with Crippen LogP contribution in [0.5, 0.6) is 0 Å². The SMILES string of the molecule is CCN(CC)c1ccc(C(=O)OCC(=O)Nc2cc(C)nn2-c2ccccc2)cc1. The number of carbonyl (C=O) groups is 2. The summed E-state index contributed by atoms with van der Waals surface area (Å²) in [5, 5.41) is 7.16. The van der Waals surface area contributed by atoms with Crippen molar-refractivity contribution in [2.45, 2.75) is 20.8 Å². The van der Waals surface area contributed by atoms with Gasteiger partial charge in [-0.1, -0.05) is 18.2 Å². The van der Waals surface area contributed by atoms with Gasteiger partial charge in [0.2, 0.25) is 0 Å². The second-order valence-electron chi connectivity index (χ2n) is 6.76. The van der Waals surface area contributed by atoms with E-state index in [1.165, 1.54) is 0 Å². The molecule has 0 atom stereocenters. The lowest BCUT2D eigenvalue weighted by Crippen LogP contribution is -2.23. The molecule has 156 valence electrons. The molecule has 0 aliphatic heterocycles. The van der Waals surface area contributed by atoms with Gasteiger partial charge in [0.25, 0.3) is 5.91 Å². The summed E-state index contributed by atoms with van der Waals surface area (Å²) >= 11 is 0. The van der Waals surface area contributed by atoms with Crippen LogP contribution in [-0.4, -0.2) is 41.4 Å². The van der Waals surface area contributed by atoms with E-state index in [4.69, 9.17) is 4.74 Å². The van der Waals surface area contributed by atoms with Crippen LogP contribution >= 0.6 is 0 Å². The molecule has 2 aromatic carbocycles. The Labute approximate surface area is 176 Å². The largest absolute Gasteiger partial charge is 0.452 e. The highest BCUT2D eigenvalue weighted by Gasteiger charge is 2.14. The number of aromatic nitrogens is 2. The minimum atomic E-state index is -0.538. The number of hydrogen-bond acceptors (Lipinski definition) is 5. The monoisotopic (exact) mass is 406 g/mol. The van der Waals surface area contributed by atoms with Crippen LogP contribution in [0.4, 0.5) is 11.5 Å². The number of anilines is 2. The maximum absolute atomic E-state index is 12.3. The molecular formula is C23H26N4O3. The van der Waals surface area contributed by atoms with Gasteiger partial charge in [0.1, 0.15) is 5.82 Å². The average molecular weight is 406 g/mol. The summed E-state index contributed by atoms with van der Waals surface area (Å²) in [6.07, 6.45) is 0. The van der Waals surface area contributed by atoms with E-state index in [1.807, 2.05) is 49.4 Å². The van der Waals surface area contributed by atoms with Gasteiger partial charge in [0.05, 0.1) is 16.9 Å². The van der Waals surface area contributed by atoms with E-state index >= 15 is 0 Å². The molecule has 1 aromatic heterocycles. The minimum Gasteiger partial charge on any atom is -0.452 e. The van der Waals surface area contributed by atoms with Gasteiger partial charge in [-0.3, -0.25) is 4.79 Å². The van der Waals surface area contributed by atoms with E-state index in [2.05, 4.69) is 29.2 Å². The number of rotatable bonds is 8. The molecule has 0 aliphatic carbocycles. The normalized spacial score (nSPS) is 10.5. The number of benzene rings is 2. The molecule has 0 saturated carbocycles. The first-order valence-electron chi connectivity index (χ1n) is 9.96. The van der Waals surface area contributed by atoms with Gasteiger partial charge in [-0.05, 0) is 57.2 Å². The molecule has 0 unspecified atom stereocenters. The molecule has 0 fully saturated rings. The van der Waals surface area contributed by atoms with Crippen molar-refractivity contribution in [3.63, 3.8) is 0 Å². The molecule has 0 radical (unpaired) electrons. The number of nitrogens with one attached hydrogen (secondary N) is 1. The van der Waals surface area contributed by atoms with E-state index < -0.39 is 11.9 Å². The Morgan fingerprint density at radius 3 is 2.33 bits per heavy atom. The zero-order valence-electron chi connectivity index (χ0n) is 17.5. The number of carbonyl (C=O) groups excluding carboxylic acids is 2. The van der Waals surface area contributed by atoms with Crippen molar-refractivity contribution in [3.8, 4) is 5.69 Å². The molecule has 0 spiro atoms. The first kappa shape index (κ1) is 21.1. The standard InChI is InChI=1S/C23H26N4O3/c1-4-26(5-2)19-13-11-18(12-14-19)23(29)30-16-22(28)24-21-15-17(3)25-27(21)20-9-7-6-8-10-20/h6-15H,4-5,16H2,1-3H3,(H,24,28). The second-order valence-corrected chi connectivity index (χ2v) is 6.76. The fourth-order valence-corrected chi connectivity index (χ4v) is 3.14. The molecule has 3 aromatic rings. The average Bonchev–Trinajstić information content (AvgIpc) is 3.14. The lowest BCUT2D eigenvalue weighted by atomic mass is 10.2. The maximum Gasteiger partial charge on any atom is 0.338 e. The molecule has 1 N–H and O–H groups in total. The van der Waals surface area contributed by atoms with Crippen molar-refractivity contribution in [2.24, 2.45) is 0 Å². The van der Waals surface area contributed by atoms with Crippen LogP contribution < -0.4 is 10.2 Å². The predicted molar refractivity (Wildman–Crippen MR) is 117 cm³/mol. The van der Waals surface area contributed by atoms with Crippen molar-refractivity contribution in [1.82, 2.24) is 9.78 Å². The molecule has 7 nitrogen and oxygen atoms in total. The van der Waals surface area contributed by atoms with Crippen LogP contribution in [0, 0.1) is 6.92 Å². The van der Waals surface area contributed by atoms with Gasteiger partial charge in [-0.2, -0.15) is 5.10 Å². The summed E-state index contributed by atoms with van der Waals surface area (Å²) in [7, 11) is 0. The van der Waals surface area contributed by atoms with Gasteiger partial charge in [0, 0.05) is 24.8 Å². The molecule has 0 aliphatic rings. The number of aryl methyl sites for hydroxylation is 1. The Morgan fingerprint density at radius 2 is 1.70 bits per heavy atom. The highest BCUT2D eigenvalue weighted by atomic mass is 16.5. The summed E-state index contributed by atoms with van der Waals surface area (Å²) in [4.78, 5) is 26.8. The molecule has 1 amide bonds. The van der Waals surface area contributed by atoms with Gasteiger partial charge in [-0.15, -0.1) is 0 Å². The highest BCUT2D eigenvalue weighted by molar-refractivity contribution is 5.95. The van der Waals surface area contributed by atoms with Crippen molar-refractivity contribution in [3.05, 3.63) is 71.9 Å². The smallest absolute Gasteiger partial charge is 0.338 e.